The maximum absolute atomic E-state index is 12.9. The van der Waals surface area contributed by atoms with E-state index in [0.717, 1.165) is 33.6 Å². The van der Waals surface area contributed by atoms with E-state index >= 15 is 0 Å². The van der Waals surface area contributed by atoms with Gasteiger partial charge in [0.1, 0.15) is 29.0 Å². The molecule has 1 atom stereocenters. The zero-order valence-corrected chi connectivity index (χ0v) is 21.5. The van der Waals surface area contributed by atoms with Crippen LogP contribution in [0.1, 0.15) is 49.9 Å². The minimum absolute atomic E-state index is 0.0875. The van der Waals surface area contributed by atoms with Crippen LogP contribution in [-0.4, -0.2) is 21.1 Å². The van der Waals surface area contributed by atoms with Crippen molar-refractivity contribution in [3.8, 4) is 16.3 Å². The molecule has 0 aliphatic carbocycles. The Bertz CT molecular complexity index is 1380. The maximum atomic E-state index is 12.9. The van der Waals surface area contributed by atoms with Gasteiger partial charge in [0.2, 0.25) is 0 Å². The number of thiazole rings is 1. The number of carbonyl (C=O) groups excluding carboxylic acids is 1. The van der Waals surface area contributed by atoms with E-state index in [9.17, 15) is 18.0 Å². The van der Waals surface area contributed by atoms with Gasteiger partial charge in [-0.05, 0) is 70.3 Å². The zero-order chi connectivity index (χ0) is 26.3. The summed E-state index contributed by atoms with van der Waals surface area (Å²) in [4.78, 5) is 17.7. The highest BCUT2D eigenvalue weighted by molar-refractivity contribution is 7.15. The lowest BCUT2D eigenvalue weighted by Gasteiger charge is -2.20. The Morgan fingerprint density at radius 1 is 1.08 bits per heavy atom. The van der Waals surface area contributed by atoms with Crippen LogP contribution in [0.5, 0.6) is 5.75 Å². The number of nitrogens with zero attached hydrogens (tertiary/aromatic N) is 2. The van der Waals surface area contributed by atoms with Crippen LogP contribution in [0.15, 0.2) is 54.7 Å². The Morgan fingerprint density at radius 2 is 1.78 bits per heavy atom. The summed E-state index contributed by atoms with van der Waals surface area (Å²) in [5.74, 6) is 0.304. The molecule has 0 saturated heterocycles. The van der Waals surface area contributed by atoms with E-state index in [-0.39, 0.29) is 18.6 Å². The van der Waals surface area contributed by atoms with Crippen molar-refractivity contribution in [1.29, 1.82) is 0 Å². The fourth-order valence-corrected chi connectivity index (χ4v) is 4.91. The number of alkyl halides is 3. The summed E-state index contributed by atoms with van der Waals surface area (Å²) in [5, 5.41) is 1.60. The van der Waals surface area contributed by atoms with Gasteiger partial charge in [0.25, 0.3) is 0 Å². The molecule has 0 aliphatic heterocycles. The van der Waals surface area contributed by atoms with Gasteiger partial charge < -0.3 is 14.0 Å². The van der Waals surface area contributed by atoms with E-state index in [4.69, 9.17) is 9.47 Å². The number of aryl methyl sites for hydroxylation is 1. The molecule has 4 aromatic rings. The molecule has 5 nitrogen and oxygen atoms in total. The van der Waals surface area contributed by atoms with Gasteiger partial charge in [-0.1, -0.05) is 12.1 Å². The summed E-state index contributed by atoms with van der Waals surface area (Å²) in [5.41, 5.74) is 0.975. The molecule has 2 heterocycles. The molecule has 0 bridgehead atoms. The number of esters is 1. The fraction of sp³-hybridized carbons (Fsp3) is 0.333. The highest BCUT2D eigenvalue weighted by Crippen LogP contribution is 2.36. The van der Waals surface area contributed by atoms with Gasteiger partial charge in [-0.2, -0.15) is 13.2 Å². The largest absolute Gasteiger partial charge is 0.485 e. The quantitative estimate of drug-likeness (QED) is 0.248. The normalized spacial score (nSPS) is 13.1. The minimum Gasteiger partial charge on any atom is -0.485 e. The summed E-state index contributed by atoms with van der Waals surface area (Å²) in [7, 11) is 0. The molecular weight excluding hydrogens is 489 g/mol. The second kappa shape index (κ2) is 9.61. The first-order chi connectivity index (χ1) is 16.8. The lowest BCUT2D eigenvalue weighted by Crippen LogP contribution is -2.26. The minimum atomic E-state index is -4.38. The second-order valence-corrected chi connectivity index (χ2v) is 10.6. The Labute approximate surface area is 211 Å². The van der Waals surface area contributed by atoms with E-state index < -0.39 is 17.3 Å². The third-order valence-corrected chi connectivity index (χ3v) is 6.81. The highest BCUT2D eigenvalue weighted by Gasteiger charge is 2.30. The molecule has 0 unspecified atom stereocenters. The highest BCUT2D eigenvalue weighted by atomic mass is 32.1. The lowest BCUT2D eigenvalue weighted by molar-refractivity contribution is -0.155. The summed E-state index contributed by atoms with van der Waals surface area (Å²) in [6.45, 7) is 9.34. The molecule has 0 saturated carbocycles. The van der Waals surface area contributed by atoms with E-state index in [1.807, 2.05) is 69.6 Å². The van der Waals surface area contributed by atoms with E-state index in [1.165, 1.54) is 23.5 Å². The number of hydrogen-bond acceptors (Lipinski definition) is 5. The smallest absolute Gasteiger partial charge is 0.416 e. The third-order valence-electron chi connectivity index (χ3n) is 5.44. The van der Waals surface area contributed by atoms with Gasteiger partial charge >= 0.3 is 12.1 Å². The molecule has 0 aliphatic rings. The molecule has 0 fully saturated rings. The molecule has 2 aromatic carbocycles. The Balaban J connectivity index is 1.52. The number of ether oxygens (including phenoxy) is 2. The molecule has 4 rings (SSSR count). The van der Waals surface area contributed by atoms with Gasteiger partial charge in [0.05, 0.1) is 21.7 Å². The van der Waals surface area contributed by atoms with Crippen LogP contribution >= 0.6 is 11.3 Å². The predicted molar refractivity (Wildman–Crippen MR) is 134 cm³/mol. The topological polar surface area (TPSA) is 53.4 Å². The Kier molecular flexibility index (Phi) is 6.88. The van der Waals surface area contributed by atoms with Crippen LogP contribution in [0.3, 0.4) is 0 Å². The summed E-state index contributed by atoms with van der Waals surface area (Å²) < 4.78 is 52.1. The van der Waals surface area contributed by atoms with Crippen LogP contribution in [0, 0.1) is 6.92 Å². The molecule has 190 valence electrons. The van der Waals surface area contributed by atoms with Gasteiger partial charge in [-0.3, -0.25) is 4.79 Å². The SMILES string of the molecule is Cc1nc(-c2ccc(C(F)(F)F)cc2)sc1[C@@H](C)Oc1ccc2ccn(CC(=O)OC(C)(C)C)c2c1. The number of aromatic nitrogens is 2. The summed E-state index contributed by atoms with van der Waals surface area (Å²) >= 11 is 1.39. The molecule has 2 aromatic heterocycles. The van der Waals surface area contributed by atoms with E-state index in [0.29, 0.717) is 16.3 Å². The van der Waals surface area contributed by atoms with Crippen molar-refractivity contribution in [3.63, 3.8) is 0 Å². The van der Waals surface area contributed by atoms with Crippen molar-refractivity contribution in [2.24, 2.45) is 0 Å². The number of carbonyl (C=O) groups is 1. The van der Waals surface area contributed by atoms with Crippen molar-refractivity contribution in [2.45, 2.75) is 59.0 Å². The summed E-state index contributed by atoms with van der Waals surface area (Å²) in [6, 6.07) is 12.6. The predicted octanol–water partition coefficient (Wildman–Crippen LogP) is 7.57. The average Bonchev–Trinajstić information content (AvgIpc) is 3.35. The van der Waals surface area contributed by atoms with Crippen LogP contribution in [0.4, 0.5) is 13.2 Å². The number of halogens is 3. The lowest BCUT2D eigenvalue weighted by atomic mass is 10.1. The van der Waals surface area contributed by atoms with Crippen LogP contribution in [0.25, 0.3) is 21.5 Å². The Hall–Kier alpha value is -3.33. The van der Waals surface area contributed by atoms with Gasteiger partial charge in [-0.25, -0.2) is 4.98 Å². The molecule has 36 heavy (non-hydrogen) atoms. The first-order valence-electron chi connectivity index (χ1n) is 11.4. The van der Waals surface area contributed by atoms with Gasteiger partial charge in [0.15, 0.2) is 0 Å². The monoisotopic (exact) mass is 516 g/mol. The number of benzene rings is 2. The number of rotatable bonds is 6. The van der Waals surface area contributed by atoms with Gasteiger partial charge in [0, 0.05) is 17.8 Å². The molecule has 0 N–H and O–H groups in total. The van der Waals surface area contributed by atoms with E-state index in [2.05, 4.69) is 4.98 Å². The molecule has 0 amide bonds. The van der Waals surface area contributed by atoms with Crippen molar-refractivity contribution < 1.29 is 27.4 Å². The average molecular weight is 517 g/mol. The van der Waals surface area contributed by atoms with Crippen LogP contribution in [0.2, 0.25) is 0 Å². The fourth-order valence-electron chi connectivity index (χ4n) is 3.86. The molecule has 0 radical (unpaired) electrons. The van der Waals surface area contributed by atoms with Crippen molar-refractivity contribution >= 4 is 28.2 Å². The number of fused-ring (bicyclic) bond motifs is 1. The standard InChI is InChI=1S/C27H27F3N2O3S/c1-16-24(36-25(31-16)19-6-9-20(10-7-19)27(28,29)30)17(2)34-21-11-8-18-12-13-32(22(18)14-21)15-23(33)35-26(3,4)5/h6-14,17H,15H2,1-5H3/t17-/m1/s1. The first-order valence-corrected chi connectivity index (χ1v) is 12.2. The van der Waals surface area contributed by atoms with Crippen molar-refractivity contribution in [3.05, 3.63) is 70.9 Å². The maximum Gasteiger partial charge on any atom is 0.416 e. The van der Waals surface area contributed by atoms with Crippen molar-refractivity contribution in [1.82, 2.24) is 9.55 Å². The summed E-state index contributed by atoms with van der Waals surface area (Å²) in [6.07, 6.45) is -2.87. The zero-order valence-electron chi connectivity index (χ0n) is 20.6. The van der Waals surface area contributed by atoms with Crippen molar-refractivity contribution in [2.75, 3.05) is 0 Å². The van der Waals surface area contributed by atoms with E-state index in [1.54, 1.807) is 0 Å². The second-order valence-electron chi connectivity index (χ2n) is 9.55. The van der Waals surface area contributed by atoms with Crippen LogP contribution in [-0.2, 0) is 22.3 Å². The molecular formula is C27H27F3N2O3S. The van der Waals surface area contributed by atoms with Crippen LogP contribution < -0.4 is 4.74 Å². The van der Waals surface area contributed by atoms with Gasteiger partial charge in [-0.15, -0.1) is 11.3 Å². The molecule has 0 spiro atoms. The molecule has 9 heteroatoms. The first kappa shape index (κ1) is 25.8. The number of hydrogen-bond donors (Lipinski definition) is 0. The third kappa shape index (κ3) is 5.90. The Morgan fingerprint density at radius 3 is 2.42 bits per heavy atom.